The molecule has 0 radical (unpaired) electrons. The zero-order chi connectivity index (χ0) is 29.8. The van der Waals surface area contributed by atoms with Gasteiger partial charge in [0.2, 0.25) is 5.88 Å². The van der Waals surface area contributed by atoms with Crippen molar-refractivity contribution in [2.45, 2.75) is 45.8 Å². The predicted molar refractivity (Wildman–Crippen MR) is 158 cm³/mol. The maximum Gasteiger partial charge on any atom is 0.409 e. The molecular weight excluding hydrogens is 541 g/mol. The standard InChI is InChI=1S/C31H42FN5O5/c1-20(2)24-7-6-23(30(33-24)39-5)28-21(3)16-25-29(34-28)22(4)17-37(25)26-18-36(19-27(26)41-12-8-32)31(38)42-15-11-35-9-13-40-14-10-35/h6-7,16-17,20,26-27H,8-15,18-19H2,1-5H3. The number of fused-ring (bicyclic) bond motifs is 1. The van der Waals surface area contributed by atoms with Crippen molar-refractivity contribution in [3.05, 3.63) is 41.2 Å². The monoisotopic (exact) mass is 583 g/mol. The number of ether oxygens (including phenoxy) is 4. The van der Waals surface area contributed by atoms with Crippen LogP contribution in [0.15, 0.2) is 24.4 Å². The molecule has 0 spiro atoms. The molecule has 42 heavy (non-hydrogen) atoms. The molecule has 0 aromatic carbocycles. The third-order valence-electron chi connectivity index (χ3n) is 8.10. The second-order valence-electron chi connectivity index (χ2n) is 11.3. The first-order valence-corrected chi connectivity index (χ1v) is 14.7. The van der Waals surface area contributed by atoms with Crippen LogP contribution in [0, 0.1) is 13.8 Å². The Bertz CT molecular complexity index is 1390. The third kappa shape index (κ3) is 6.38. The zero-order valence-corrected chi connectivity index (χ0v) is 25.3. The molecule has 0 N–H and O–H groups in total. The van der Waals surface area contributed by atoms with E-state index >= 15 is 0 Å². The number of hydrogen-bond acceptors (Lipinski definition) is 8. The van der Waals surface area contributed by atoms with E-state index in [-0.39, 0.29) is 30.8 Å². The molecule has 2 fully saturated rings. The molecule has 2 unspecified atom stereocenters. The van der Waals surface area contributed by atoms with Crippen LogP contribution in [0.25, 0.3) is 22.3 Å². The van der Waals surface area contributed by atoms with E-state index in [0.717, 1.165) is 52.2 Å². The molecule has 0 bridgehead atoms. The number of rotatable bonds is 10. The highest BCUT2D eigenvalue weighted by atomic mass is 19.1. The summed E-state index contributed by atoms with van der Waals surface area (Å²) in [6.07, 6.45) is 1.28. The predicted octanol–water partition coefficient (Wildman–Crippen LogP) is 4.53. The van der Waals surface area contributed by atoms with Crippen LogP contribution in [0.3, 0.4) is 0 Å². The molecule has 1 amide bonds. The number of aryl methyl sites for hydroxylation is 2. The van der Waals surface area contributed by atoms with Crippen LogP contribution in [-0.4, -0.2) is 109 Å². The van der Waals surface area contributed by atoms with Gasteiger partial charge in [0, 0.05) is 38.1 Å². The highest BCUT2D eigenvalue weighted by Gasteiger charge is 2.39. The minimum absolute atomic E-state index is 0.0279. The fraction of sp³-hybridized carbons (Fsp3) is 0.581. The number of pyridine rings is 2. The second-order valence-corrected chi connectivity index (χ2v) is 11.3. The summed E-state index contributed by atoms with van der Waals surface area (Å²) in [4.78, 5) is 26.7. The molecule has 5 rings (SSSR count). The minimum Gasteiger partial charge on any atom is -0.480 e. The van der Waals surface area contributed by atoms with Crippen LogP contribution >= 0.6 is 0 Å². The van der Waals surface area contributed by atoms with Crippen LogP contribution < -0.4 is 4.74 Å². The second kappa shape index (κ2) is 13.4. The molecule has 228 valence electrons. The molecule has 11 heteroatoms. The Hall–Kier alpha value is -3.28. The van der Waals surface area contributed by atoms with Crippen molar-refractivity contribution >= 4 is 17.1 Å². The van der Waals surface area contributed by atoms with E-state index in [2.05, 4.69) is 29.4 Å². The first kappa shape index (κ1) is 30.2. The van der Waals surface area contributed by atoms with Crippen LogP contribution in [-0.2, 0) is 14.2 Å². The van der Waals surface area contributed by atoms with E-state index in [1.165, 1.54) is 0 Å². The molecule has 2 atom stereocenters. The quantitative estimate of drug-likeness (QED) is 0.344. The summed E-state index contributed by atoms with van der Waals surface area (Å²) in [5.74, 6) is 0.827. The molecule has 3 aromatic rings. The fourth-order valence-corrected chi connectivity index (χ4v) is 5.80. The molecule has 3 aromatic heterocycles. The largest absolute Gasteiger partial charge is 0.480 e. The van der Waals surface area contributed by atoms with E-state index in [1.54, 1.807) is 12.0 Å². The Morgan fingerprint density at radius 2 is 1.90 bits per heavy atom. The summed E-state index contributed by atoms with van der Waals surface area (Å²) >= 11 is 0. The van der Waals surface area contributed by atoms with Crippen molar-refractivity contribution < 1.29 is 28.1 Å². The summed E-state index contributed by atoms with van der Waals surface area (Å²) in [6, 6.07) is 5.93. The van der Waals surface area contributed by atoms with Gasteiger partial charge in [0.25, 0.3) is 0 Å². The summed E-state index contributed by atoms with van der Waals surface area (Å²) in [5, 5.41) is 0. The number of halogens is 1. The van der Waals surface area contributed by atoms with Crippen molar-refractivity contribution in [3.63, 3.8) is 0 Å². The lowest BCUT2D eigenvalue weighted by molar-refractivity contribution is 0.0216. The van der Waals surface area contributed by atoms with E-state index in [4.69, 9.17) is 28.9 Å². The lowest BCUT2D eigenvalue weighted by atomic mass is 10.0. The van der Waals surface area contributed by atoms with E-state index in [9.17, 15) is 9.18 Å². The Morgan fingerprint density at radius 1 is 1.12 bits per heavy atom. The molecule has 0 saturated carbocycles. The van der Waals surface area contributed by atoms with Gasteiger partial charge in [-0.05, 0) is 49.1 Å². The van der Waals surface area contributed by atoms with E-state index in [1.807, 2.05) is 32.2 Å². The highest BCUT2D eigenvalue weighted by molar-refractivity contribution is 5.85. The Balaban J connectivity index is 1.39. The fourth-order valence-electron chi connectivity index (χ4n) is 5.80. The van der Waals surface area contributed by atoms with E-state index in [0.29, 0.717) is 45.3 Å². The highest BCUT2D eigenvalue weighted by Crippen LogP contribution is 2.36. The molecule has 5 heterocycles. The van der Waals surface area contributed by atoms with Crippen LogP contribution in [0.4, 0.5) is 9.18 Å². The number of aromatic nitrogens is 3. The number of hydrogen-bond donors (Lipinski definition) is 0. The number of alkyl halides is 1. The molecular formula is C31H42FN5O5. The lowest BCUT2D eigenvalue weighted by Crippen LogP contribution is -2.39. The molecule has 2 saturated heterocycles. The average molecular weight is 584 g/mol. The van der Waals surface area contributed by atoms with Crippen molar-refractivity contribution in [1.29, 1.82) is 0 Å². The van der Waals surface area contributed by atoms with Gasteiger partial charge in [-0.15, -0.1) is 0 Å². The summed E-state index contributed by atoms with van der Waals surface area (Å²) in [6.45, 7) is 12.4. The average Bonchev–Trinajstić information content (AvgIpc) is 3.56. The van der Waals surface area contributed by atoms with E-state index < -0.39 is 6.67 Å². The number of amides is 1. The number of methoxy groups -OCH3 is 1. The van der Waals surface area contributed by atoms with Gasteiger partial charge in [-0.25, -0.2) is 19.2 Å². The van der Waals surface area contributed by atoms with Gasteiger partial charge in [0.15, 0.2) is 0 Å². The van der Waals surface area contributed by atoms with Crippen LogP contribution in [0.2, 0.25) is 0 Å². The van der Waals surface area contributed by atoms with Gasteiger partial charge in [-0.2, -0.15) is 0 Å². The molecule has 0 aliphatic carbocycles. The molecule has 2 aliphatic rings. The van der Waals surface area contributed by atoms with Crippen molar-refractivity contribution in [3.8, 4) is 17.1 Å². The first-order chi connectivity index (χ1) is 20.3. The summed E-state index contributed by atoms with van der Waals surface area (Å²) in [7, 11) is 1.63. The van der Waals surface area contributed by atoms with Gasteiger partial charge in [-0.1, -0.05) is 13.8 Å². The molecule has 2 aliphatic heterocycles. The molecule has 10 nitrogen and oxygen atoms in total. The van der Waals surface area contributed by atoms with Crippen LogP contribution in [0.5, 0.6) is 5.88 Å². The number of morpholine rings is 1. The van der Waals surface area contributed by atoms with Gasteiger partial charge >= 0.3 is 6.09 Å². The zero-order valence-electron chi connectivity index (χ0n) is 25.3. The van der Waals surface area contributed by atoms with Crippen LogP contribution in [0.1, 0.15) is 42.6 Å². The van der Waals surface area contributed by atoms with Gasteiger partial charge in [0.05, 0.1) is 67.9 Å². The summed E-state index contributed by atoms with van der Waals surface area (Å²) < 4.78 is 37.9. The number of nitrogens with zero attached hydrogens (tertiary/aromatic N) is 5. The Kier molecular flexibility index (Phi) is 9.60. The Labute approximate surface area is 246 Å². The van der Waals surface area contributed by atoms with Gasteiger partial charge in [0.1, 0.15) is 13.3 Å². The lowest BCUT2D eigenvalue weighted by Gasteiger charge is -2.26. The maximum atomic E-state index is 13.1. The Morgan fingerprint density at radius 3 is 2.62 bits per heavy atom. The number of carbonyl (C=O) groups excluding carboxylic acids is 1. The smallest absolute Gasteiger partial charge is 0.409 e. The van der Waals surface area contributed by atoms with Crippen molar-refractivity contribution in [2.75, 3.05) is 72.9 Å². The normalized spacial score (nSPS) is 19.6. The van der Waals surface area contributed by atoms with Gasteiger partial charge < -0.3 is 28.4 Å². The minimum atomic E-state index is -0.589. The van der Waals surface area contributed by atoms with Crippen molar-refractivity contribution in [2.24, 2.45) is 0 Å². The SMILES string of the molecule is COc1nc(C(C)C)ccc1-c1nc2c(C)cn(C3CN(C(=O)OCCN4CCOCC4)CC3OCCF)c2cc1C. The maximum absolute atomic E-state index is 13.1. The topological polar surface area (TPSA) is 91.2 Å². The van der Waals surface area contributed by atoms with Crippen molar-refractivity contribution in [1.82, 2.24) is 24.3 Å². The van der Waals surface area contributed by atoms with Gasteiger partial charge in [-0.3, -0.25) is 4.90 Å². The number of carbonyl (C=O) groups is 1. The third-order valence-corrected chi connectivity index (χ3v) is 8.10. The first-order valence-electron chi connectivity index (χ1n) is 14.7. The number of likely N-dealkylation sites (tertiary alicyclic amines) is 1. The summed E-state index contributed by atoms with van der Waals surface area (Å²) in [5.41, 5.74) is 6.35.